The largest absolute Gasteiger partial charge is 0.373 e. The zero-order valence-corrected chi connectivity index (χ0v) is 20.3. The molecule has 0 bridgehead atoms. The van der Waals surface area contributed by atoms with Gasteiger partial charge in [0.15, 0.2) is 9.84 Å². The van der Waals surface area contributed by atoms with Crippen molar-refractivity contribution in [2.75, 3.05) is 12.8 Å². The van der Waals surface area contributed by atoms with Crippen molar-refractivity contribution in [1.82, 2.24) is 4.90 Å². The highest BCUT2D eigenvalue weighted by molar-refractivity contribution is 7.90. The molecule has 3 fully saturated rings. The van der Waals surface area contributed by atoms with Gasteiger partial charge in [-0.25, -0.2) is 8.42 Å². The van der Waals surface area contributed by atoms with E-state index in [0.29, 0.717) is 12.6 Å². The van der Waals surface area contributed by atoms with Gasteiger partial charge >= 0.3 is 0 Å². The van der Waals surface area contributed by atoms with Crippen LogP contribution in [0.25, 0.3) is 0 Å². The van der Waals surface area contributed by atoms with E-state index in [0.717, 1.165) is 56.1 Å². The standard InChI is InChI=1S/C25H38N2O4S/c1-3-32(29,30)17-20-8-5-4-7-19(20)16-31-22-15-25(22)13-11-18(12-14-25)23(26)24(28)27(2)21-9-6-10-21/h4-5,7-8,18,21-23H,3,6,9-17,26H2,1-2H3/t18?,22?,23-,25?/m0/s1. The first kappa shape index (κ1) is 23.7. The molecule has 0 heterocycles. The van der Waals surface area contributed by atoms with Gasteiger partial charge in [-0.2, -0.15) is 0 Å². The lowest BCUT2D eigenvalue weighted by Crippen LogP contribution is -2.52. The summed E-state index contributed by atoms with van der Waals surface area (Å²) in [6.07, 6.45) is 8.79. The number of hydrogen-bond acceptors (Lipinski definition) is 5. The maximum Gasteiger partial charge on any atom is 0.239 e. The van der Waals surface area contributed by atoms with Crippen LogP contribution in [-0.2, 0) is 31.7 Å². The molecule has 0 aliphatic heterocycles. The zero-order valence-electron chi connectivity index (χ0n) is 19.5. The molecule has 1 amide bonds. The Morgan fingerprint density at radius 2 is 1.84 bits per heavy atom. The molecule has 178 valence electrons. The first-order valence-electron chi connectivity index (χ1n) is 12.2. The molecule has 0 aromatic heterocycles. The van der Waals surface area contributed by atoms with Gasteiger partial charge < -0.3 is 15.4 Å². The summed E-state index contributed by atoms with van der Waals surface area (Å²) in [5.41, 5.74) is 8.43. The Bertz CT molecular complexity index is 920. The minimum absolute atomic E-state index is 0.0712. The van der Waals surface area contributed by atoms with Gasteiger partial charge in [0, 0.05) is 18.8 Å². The van der Waals surface area contributed by atoms with Gasteiger partial charge in [-0.05, 0) is 73.8 Å². The molecule has 2 atom stereocenters. The van der Waals surface area contributed by atoms with Crippen molar-refractivity contribution in [3.8, 4) is 0 Å². The number of amides is 1. The number of rotatable bonds is 9. The molecule has 1 spiro atoms. The number of likely N-dealkylation sites (N-methyl/N-ethyl adjacent to an activating group) is 1. The molecule has 2 N–H and O–H groups in total. The van der Waals surface area contributed by atoms with Crippen LogP contribution in [0.5, 0.6) is 0 Å². The third kappa shape index (κ3) is 5.05. The topological polar surface area (TPSA) is 89.7 Å². The van der Waals surface area contributed by atoms with Crippen molar-refractivity contribution < 1.29 is 17.9 Å². The number of carbonyl (C=O) groups excluding carboxylic acids is 1. The second-order valence-corrected chi connectivity index (χ2v) is 12.6. The lowest BCUT2D eigenvalue weighted by Gasteiger charge is -2.39. The van der Waals surface area contributed by atoms with Gasteiger partial charge in [0.1, 0.15) is 0 Å². The number of sulfone groups is 1. The fraction of sp³-hybridized carbons (Fsp3) is 0.720. The van der Waals surface area contributed by atoms with Gasteiger partial charge in [-0.3, -0.25) is 4.79 Å². The van der Waals surface area contributed by atoms with Crippen molar-refractivity contribution >= 4 is 15.7 Å². The number of carbonyl (C=O) groups is 1. The molecule has 32 heavy (non-hydrogen) atoms. The van der Waals surface area contributed by atoms with Crippen LogP contribution >= 0.6 is 0 Å². The van der Waals surface area contributed by atoms with E-state index in [-0.39, 0.29) is 40.9 Å². The molecule has 7 heteroatoms. The third-order valence-electron chi connectivity index (χ3n) is 8.28. The average molecular weight is 463 g/mol. The fourth-order valence-corrected chi connectivity index (χ4v) is 6.37. The van der Waals surface area contributed by atoms with Crippen LogP contribution < -0.4 is 5.73 Å². The zero-order chi connectivity index (χ0) is 22.9. The monoisotopic (exact) mass is 462 g/mol. The molecule has 3 aliphatic carbocycles. The van der Waals surface area contributed by atoms with Crippen LogP contribution in [-0.4, -0.2) is 50.2 Å². The number of nitrogens with zero attached hydrogens (tertiary/aromatic N) is 1. The average Bonchev–Trinajstić information content (AvgIpc) is 3.42. The Morgan fingerprint density at radius 3 is 2.44 bits per heavy atom. The molecular formula is C25H38N2O4S. The maximum atomic E-state index is 12.8. The van der Waals surface area contributed by atoms with Crippen molar-refractivity contribution in [2.24, 2.45) is 17.1 Å². The van der Waals surface area contributed by atoms with Crippen molar-refractivity contribution in [3.05, 3.63) is 35.4 Å². The van der Waals surface area contributed by atoms with E-state index in [1.165, 1.54) is 6.42 Å². The first-order chi connectivity index (χ1) is 15.2. The Morgan fingerprint density at radius 1 is 1.19 bits per heavy atom. The van der Waals surface area contributed by atoms with Gasteiger partial charge in [-0.1, -0.05) is 31.2 Å². The van der Waals surface area contributed by atoms with Crippen LogP contribution in [0.1, 0.15) is 69.4 Å². The van der Waals surface area contributed by atoms with Gasteiger partial charge in [0.05, 0.1) is 24.5 Å². The second-order valence-electron chi connectivity index (χ2n) is 10.2. The molecule has 3 saturated carbocycles. The second kappa shape index (κ2) is 9.43. The minimum Gasteiger partial charge on any atom is -0.373 e. The van der Waals surface area contributed by atoms with Crippen molar-refractivity contribution in [1.29, 1.82) is 0 Å². The van der Waals surface area contributed by atoms with E-state index in [1.807, 2.05) is 36.2 Å². The van der Waals surface area contributed by atoms with Crippen LogP contribution in [0.2, 0.25) is 0 Å². The molecule has 0 radical (unpaired) electrons. The Hall–Kier alpha value is -1.44. The highest BCUT2D eigenvalue weighted by atomic mass is 32.2. The van der Waals surface area contributed by atoms with Gasteiger partial charge in [0.25, 0.3) is 0 Å². The van der Waals surface area contributed by atoms with E-state index in [1.54, 1.807) is 6.92 Å². The minimum atomic E-state index is -3.07. The summed E-state index contributed by atoms with van der Waals surface area (Å²) in [6.45, 7) is 2.14. The summed E-state index contributed by atoms with van der Waals surface area (Å²) in [5, 5.41) is 0. The normalized spacial score (nSPS) is 28.8. The van der Waals surface area contributed by atoms with E-state index < -0.39 is 9.84 Å². The quantitative estimate of drug-likeness (QED) is 0.607. The molecule has 3 aliphatic rings. The number of nitrogens with two attached hydrogens (primary N) is 1. The lowest BCUT2D eigenvalue weighted by molar-refractivity contribution is -0.136. The highest BCUT2D eigenvalue weighted by Crippen LogP contribution is 2.59. The van der Waals surface area contributed by atoms with Crippen LogP contribution in [0.4, 0.5) is 0 Å². The fourth-order valence-electron chi connectivity index (χ4n) is 5.41. The molecular weight excluding hydrogens is 424 g/mol. The predicted molar refractivity (Wildman–Crippen MR) is 126 cm³/mol. The van der Waals surface area contributed by atoms with Gasteiger partial charge in [-0.15, -0.1) is 0 Å². The first-order valence-corrected chi connectivity index (χ1v) is 14.0. The van der Waals surface area contributed by atoms with Gasteiger partial charge in [0.2, 0.25) is 5.91 Å². The van der Waals surface area contributed by atoms with E-state index in [2.05, 4.69) is 0 Å². The number of benzene rings is 1. The highest BCUT2D eigenvalue weighted by Gasteiger charge is 2.56. The van der Waals surface area contributed by atoms with E-state index in [4.69, 9.17) is 10.5 Å². The van der Waals surface area contributed by atoms with Crippen LogP contribution in [0, 0.1) is 11.3 Å². The smallest absolute Gasteiger partial charge is 0.239 e. The summed E-state index contributed by atoms with van der Waals surface area (Å²) >= 11 is 0. The van der Waals surface area contributed by atoms with E-state index >= 15 is 0 Å². The van der Waals surface area contributed by atoms with Crippen molar-refractivity contribution in [2.45, 2.75) is 88.8 Å². The summed E-state index contributed by atoms with van der Waals surface area (Å²) in [5.74, 6) is 0.590. The summed E-state index contributed by atoms with van der Waals surface area (Å²) in [7, 11) is -1.17. The summed E-state index contributed by atoms with van der Waals surface area (Å²) < 4.78 is 30.4. The van der Waals surface area contributed by atoms with Crippen LogP contribution in [0.15, 0.2) is 24.3 Å². The molecule has 4 rings (SSSR count). The Kier molecular flexibility index (Phi) is 6.99. The number of hydrogen-bond donors (Lipinski definition) is 1. The number of ether oxygens (including phenoxy) is 1. The predicted octanol–water partition coefficient (Wildman–Crippen LogP) is 3.43. The van der Waals surface area contributed by atoms with E-state index in [9.17, 15) is 13.2 Å². The Labute approximate surface area is 192 Å². The molecule has 1 aromatic rings. The van der Waals surface area contributed by atoms with Crippen molar-refractivity contribution in [3.63, 3.8) is 0 Å². The molecule has 1 aromatic carbocycles. The lowest BCUT2D eigenvalue weighted by atomic mass is 9.76. The molecule has 1 unspecified atom stereocenters. The third-order valence-corrected chi connectivity index (χ3v) is 9.91. The molecule has 0 saturated heterocycles. The molecule has 6 nitrogen and oxygen atoms in total. The summed E-state index contributed by atoms with van der Waals surface area (Å²) in [4.78, 5) is 14.6. The summed E-state index contributed by atoms with van der Waals surface area (Å²) in [6, 6.07) is 7.68. The maximum absolute atomic E-state index is 12.8. The van der Waals surface area contributed by atoms with Crippen LogP contribution in [0.3, 0.4) is 0 Å². The Balaban J connectivity index is 1.27. The SMILES string of the molecule is CCS(=O)(=O)Cc1ccccc1COC1CC12CCC([C@H](N)C(=O)N(C)C1CCC1)CC2.